The van der Waals surface area contributed by atoms with Crippen LogP contribution in [0.1, 0.15) is 5.82 Å². The zero-order valence-electron chi connectivity index (χ0n) is 11.1. The van der Waals surface area contributed by atoms with Crippen molar-refractivity contribution in [2.24, 2.45) is 0 Å². The van der Waals surface area contributed by atoms with Gasteiger partial charge in [0.2, 0.25) is 0 Å². The maximum absolute atomic E-state index is 13.7. The highest BCUT2D eigenvalue weighted by Crippen LogP contribution is 2.20. The van der Waals surface area contributed by atoms with Gasteiger partial charge in [0.05, 0.1) is 23.3 Å². The van der Waals surface area contributed by atoms with Gasteiger partial charge in [0.25, 0.3) is 0 Å². The van der Waals surface area contributed by atoms with Crippen molar-refractivity contribution in [1.82, 2.24) is 9.97 Å². The molecule has 1 aromatic heterocycles. The van der Waals surface area contributed by atoms with Gasteiger partial charge in [-0.25, -0.2) is 9.37 Å². The first-order valence-electron chi connectivity index (χ1n) is 6.33. The van der Waals surface area contributed by atoms with E-state index in [0.717, 1.165) is 16.9 Å². The van der Waals surface area contributed by atoms with Crippen LogP contribution in [0, 0.1) is 5.82 Å². The number of imidazole rings is 1. The fourth-order valence-electron chi connectivity index (χ4n) is 2.23. The molecular formula is C15H15FN4. The summed E-state index contributed by atoms with van der Waals surface area (Å²) in [4.78, 5) is 9.49. The first kappa shape index (κ1) is 12.5. The molecular weight excluding hydrogens is 255 g/mol. The second kappa shape index (κ2) is 4.85. The van der Waals surface area contributed by atoms with Crippen LogP contribution in [0.25, 0.3) is 11.0 Å². The van der Waals surface area contributed by atoms with Gasteiger partial charge in [0, 0.05) is 12.7 Å². The third-order valence-corrected chi connectivity index (χ3v) is 3.21. The summed E-state index contributed by atoms with van der Waals surface area (Å²) in [6.07, 6.45) is 0. The Balaban J connectivity index is 1.87. The Morgan fingerprint density at radius 3 is 2.85 bits per heavy atom. The second-order valence-corrected chi connectivity index (χ2v) is 4.77. The molecule has 0 amide bonds. The predicted molar refractivity (Wildman–Crippen MR) is 79.0 cm³/mol. The molecule has 20 heavy (non-hydrogen) atoms. The number of anilines is 2. The number of H-pyrrole nitrogens is 1. The molecule has 0 bridgehead atoms. The summed E-state index contributed by atoms with van der Waals surface area (Å²) >= 11 is 0. The van der Waals surface area contributed by atoms with Crippen LogP contribution < -0.4 is 10.6 Å². The van der Waals surface area contributed by atoms with Gasteiger partial charge in [-0.3, -0.25) is 0 Å². The number of rotatable bonds is 3. The number of nitrogens with one attached hydrogen (secondary N) is 1. The van der Waals surface area contributed by atoms with Crippen LogP contribution in [0.5, 0.6) is 0 Å². The first-order valence-corrected chi connectivity index (χ1v) is 6.33. The van der Waals surface area contributed by atoms with Crippen LogP contribution in [0.15, 0.2) is 42.5 Å². The van der Waals surface area contributed by atoms with Gasteiger partial charge < -0.3 is 15.6 Å². The summed E-state index contributed by atoms with van der Waals surface area (Å²) in [5, 5.41) is 0. The standard InChI is InChI=1S/C15H15FN4/c1-20(14-5-3-2-4-11(14)16)9-15-18-12-7-6-10(17)8-13(12)19-15/h2-8H,9,17H2,1H3,(H,18,19). The Kier molecular flexibility index (Phi) is 3.02. The molecule has 0 atom stereocenters. The molecule has 2 aromatic carbocycles. The monoisotopic (exact) mass is 270 g/mol. The van der Waals surface area contributed by atoms with Gasteiger partial charge >= 0.3 is 0 Å². The van der Waals surface area contributed by atoms with Crippen LogP contribution >= 0.6 is 0 Å². The number of aromatic nitrogens is 2. The lowest BCUT2D eigenvalue weighted by Crippen LogP contribution is -2.18. The molecule has 0 saturated carbocycles. The van der Waals surface area contributed by atoms with E-state index < -0.39 is 0 Å². The number of fused-ring (bicyclic) bond motifs is 1. The lowest BCUT2D eigenvalue weighted by molar-refractivity contribution is 0.621. The molecule has 0 radical (unpaired) electrons. The minimum atomic E-state index is -0.240. The Morgan fingerprint density at radius 1 is 1.25 bits per heavy atom. The Morgan fingerprint density at radius 2 is 2.05 bits per heavy atom. The molecule has 1 heterocycles. The topological polar surface area (TPSA) is 57.9 Å². The third kappa shape index (κ3) is 2.30. The number of aromatic amines is 1. The molecule has 102 valence electrons. The molecule has 0 aliphatic heterocycles. The van der Waals surface area contributed by atoms with Crippen molar-refractivity contribution >= 4 is 22.4 Å². The Hall–Kier alpha value is -2.56. The maximum atomic E-state index is 13.7. The molecule has 0 saturated heterocycles. The van der Waals surface area contributed by atoms with Gasteiger partial charge in [0.1, 0.15) is 11.6 Å². The summed E-state index contributed by atoms with van der Waals surface area (Å²) in [5.74, 6) is 0.534. The summed E-state index contributed by atoms with van der Waals surface area (Å²) in [5.41, 5.74) is 8.72. The van der Waals surface area contributed by atoms with Crippen molar-refractivity contribution in [2.45, 2.75) is 6.54 Å². The lowest BCUT2D eigenvalue weighted by atomic mass is 10.3. The van der Waals surface area contributed by atoms with E-state index >= 15 is 0 Å². The molecule has 0 unspecified atom stereocenters. The molecule has 5 heteroatoms. The zero-order valence-corrected chi connectivity index (χ0v) is 11.1. The fraction of sp³-hybridized carbons (Fsp3) is 0.133. The van der Waals surface area contributed by atoms with E-state index in [2.05, 4.69) is 9.97 Å². The maximum Gasteiger partial charge on any atom is 0.146 e. The van der Waals surface area contributed by atoms with E-state index in [0.29, 0.717) is 17.9 Å². The van der Waals surface area contributed by atoms with Gasteiger partial charge in [0.15, 0.2) is 0 Å². The minimum absolute atomic E-state index is 0.240. The quantitative estimate of drug-likeness (QED) is 0.719. The second-order valence-electron chi connectivity index (χ2n) is 4.77. The Labute approximate surface area is 116 Å². The lowest BCUT2D eigenvalue weighted by Gasteiger charge is -2.18. The summed E-state index contributed by atoms with van der Waals surface area (Å²) in [6.45, 7) is 0.496. The number of nitrogens with zero attached hydrogens (tertiary/aromatic N) is 2. The summed E-state index contributed by atoms with van der Waals surface area (Å²) < 4.78 is 13.7. The van der Waals surface area contributed by atoms with Crippen LogP contribution in [0.3, 0.4) is 0 Å². The summed E-state index contributed by atoms with van der Waals surface area (Å²) in [6, 6.07) is 12.2. The van der Waals surface area contributed by atoms with Gasteiger partial charge in [-0.1, -0.05) is 12.1 Å². The molecule has 0 fully saturated rings. The van der Waals surface area contributed by atoms with E-state index in [-0.39, 0.29) is 5.82 Å². The number of hydrogen-bond donors (Lipinski definition) is 2. The van der Waals surface area contributed by atoms with E-state index in [9.17, 15) is 4.39 Å². The van der Waals surface area contributed by atoms with Crippen molar-refractivity contribution < 1.29 is 4.39 Å². The zero-order chi connectivity index (χ0) is 14.1. The molecule has 0 aliphatic rings. The third-order valence-electron chi connectivity index (χ3n) is 3.21. The SMILES string of the molecule is CN(Cc1nc2ccc(N)cc2[nH]1)c1ccccc1F. The predicted octanol–water partition coefficient (Wildman–Crippen LogP) is 2.92. The number of benzene rings is 2. The van der Waals surface area contributed by atoms with Crippen molar-refractivity contribution in [2.75, 3.05) is 17.7 Å². The van der Waals surface area contributed by atoms with E-state index in [1.807, 2.05) is 36.2 Å². The molecule has 0 aliphatic carbocycles. The van der Waals surface area contributed by atoms with Crippen molar-refractivity contribution in [3.63, 3.8) is 0 Å². The average Bonchev–Trinajstić information content (AvgIpc) is 2.80. The number of para-hydroxylation sites is 1. The largest absolute Gasteiger partial charge is 0.399 e. The molecule has 0 spiro atoms. The average molecular weight is 270 g/mol. The number of hydrogen-bond acceptors (Lipinski definition) is 3. The molecule has 4 nitrogen and oxygen atoms in total. The van der Waals surface area contributed by atoms with E-state index in [1.165, 1.54) is 6.07 Å². The van der Waals surface area contributed by atoms with Crippen LogP contribution in [0.4, 0.5) is 15.8 Å². The van der Waals surface area contributed by atoms with Crippen molar-refractivity contribution in [3.8, 4) is 0 Å². The van der Waals surface area contributed by atoms with Crippen LogP contribution in [-0.2, 0) is 6.54 Å². The highest BCUT2D eigenvalue weighted by molar-refractivity contribution is 5.78. The van der Waals surface area contributed by atoms with E-state index in [1.54, 1.807) is 12.1 Å². The van der Waals surface area contributed by atoms with E-state index in [4.69, 9.17) is 5.73 Å². The highest BCUT2D eigenvalue weighted by Gasteiger charge is 2.10. The normalized spacial score (nSPS) is 10.9. The number of halogens is 1. The smallest absolute Gasteiger partial charge is 0.146 e. The molecule has 3 N–H and O–H groups in total. The van der Waals surface area contributed by atoms with Gasteiger partial charge in [-0.15, -0.1) is 0 Å². The molecule has 3 aromatic rings. The van der Waals surface area contributed by atoms with Gasteiger partial charge in [-0.05, 0) is 30.3 Å². The Bertz CT molecular complexity index is 750. The first-order chi connectivity index (χ1) is 9.63. The number of nitrogens with two attached hydrogens (primary N) is 1. The van der Waals surface area contributed by atoms with Crippen molar-refractivity contribution in [3.05, 3.63) is 54.1 Å². The number of nitrogen functional groups attached to an aromatic ring is 1. The van der Waals surface area contributed by atoms with Crippen molar-refractivity contribution in [1.29, 1.82) is 0 Å². The summed E-state index contributed by atoms with van der Waals surface area (Å²) in [7, 11) is 1.83. The van der Waals surface area contributed by atoms with Gasteiger partial charge in [-0.2, -0.15) is 0 Å². The molecule has 3 rings (SSSR count). The minimum Gasteiger partial charge on any atom is -0.399 e. The van der Waals surface area contributed by atoms with Crippen LogP contribution in [-0.4, -0.2) is 17.0 Å². The van der Waals surface area contributed by atoms with Crippen LogP contribution in [0.2, 0.25) is 0 Å². The fourth-order valence-corrected chi connectivity index (χ4v) is 2.23. The highest BCUT2D eigenvalue weighted by atomic mass is 19.1.